The normalized spacial score (nSPS) is 12.7. The Hall–Kier alpha value is -0.640. The molecule has 1 atom stereocenters. The highest BCUT2D eigenvalue weighted by atomic mass is 35.5. The van der Waals surface area contributed by atoms with E-state index in [1.54, 1.807) is 13.2 Å². The van der Waals surface area contributed by atoms with Gasteiger partial charge in [0.1, 0.15) is 5.82 Å². The van der Waals surface area contributed by atoms with E-state index < -0.39 is 0 Å². The number of nitrogens with one attached hydrogen (secondary N) is 1. The Morgan fingerprint density at radius 3 is 2.82 bits per heavy atom. The van der Waals surface area contributed by atoms with Crippen LogP contribution in [0.1, 0.15) is 18.4 Å². The Kier molecular flexibility index (Phi) is 6.48. The lowest BCUT2D eigenvalue weighted by molar-refractivity contribution is 0.189. The van der Waals surface area contributed by atoms with Crippen LogP contribution in [0.4, 0.5) is 4.39 Å². The van der Waals surface area contributed by atoms with Gasteiger partial charge in [0.15, 0.2) is 0 Å². The van der Waals surface area contributed by atoms with Gasteiger partial charge in [0, 0.05) is 19.8 Å². The highest BCUT2D eigenvalue weighted by molar-refractivity contribution is 6.30. The van der Waals surface area contributed by atoms with Crippen molar-refractivity contribution in [3.05, 3.63) is 34.6 Å². The minimum absolute atomic E-state index is 0.175. The molecule has 0 aromatic heterocycles. The van der Waals surface area contributed by atoms with Crippen LogP contribution in [0.3, 0.4) is 0 Å². The second-order valence-electron chi connectivity index (χ2n) is 4.07. The van der Waals surface area contributed by atoms with Gasteiger partial charge >= 0.3 is 0 Å². The van der Waals surface area contributed by atoms with E-state index in [2.05, 4.69) is 5.32 Å². The summed E-state index contributed by atoms with van der Waals surface area (Å²) in [5.74, 6) is -0.351. The van der Waals surface area contributed by atoms with Crippen molar-refractivity contribution in [2.45, 2.75) is 25.3 Å². The van der Waals surface area contributed by atoms with Crippen molar-refractivity contribution in [1.29, 1.82) is 0 Å². The van der Waals surface area contributed by atoms with Gasteiger partial charge in [-0.2, -0.15) is 0 Å². The monoisotopic (exact) mass is 259 g/mol. The first-order valence-electron chi connectivity index (χ1n) is 5.77. The van der Waals surface area contributed by atoms with Crippen molar-refractivity contribution in [2.75, 3.05) is 20.8 Å². The molecule has 0 saturated heterocycles. The zero-order valence-electron chi connectivity index (χ0n) is 10.3. The molecule has 0 amide bonds. The molecule has 0 bridgehead atoms. The van der Waals surface area contributed by atoms with Crippen LogP contribution in [0.5, 0.6) is 0 Å². The van der Waals surface area contributed by atoms with Crippen LogP contribution in [0.2, 0.25) is 5.02 Å². The van der Waals surface area contributed by atoms with Crippen molar-refractivity contribution < 1.29 is 9.13 Å². The fraction of sp³-hybridized carbons (Fsp3) is 0.538. The average molecular weight is 260 g/mol. The van der Waals surface area contributed by atoms with Crippen molar-refractivity contribution in [1.82, 2.24) is 5.32 Å². The third-order valence-electron chi connectivity index (χ3n) is 2.78. The Labute approximate surface area is 107 Å². The first kappa shape index (κ1) is 14.4. The second kappa shape index (κ2) is 7.64. The number of hydrogen-bond donors (Lipinski definition) is 1. The van der Waals surface area contributed by atoms with Gasteiger partial charge in [-0.05, 0) is 44.0 Å². The molecular formula is C13H19ClFNO. The van der Waals surface area contributed by atoms with Crippen LogP contribution >= 0.6 is 11.6 Å². The molecule has 1 unspecified atom stereocenters. The molecule has 1 N–H and O–H groups in total. The molecule has 0 spiro atoms. The second-order valence-corrected chi connectivity index (χ2v) is 4.48. The maximum Gasteiger partial charge on any atom is 0.142 e. The van der Waals surface area contributed by atoms with E-state index in [-0.39, 0.29) is 10.8 Å². The van der Waals surface area contributed by atoms with E-state index in [1.165, 1.54) is 6.07 Å². The largest absolute Gasteiger partial charge is 0.385 e. The molecule has 2 nitrogen and oxygen atoms in total. The number of benzene rings is 1. The van der Waals surface area contributed by atoms with E-state index >= 15 is 0 Å². The molecule has 0 heterocycles. The average Bonchev–Trinajstić information content (AvgIpc) is 2.32. The molecule has 0 radical (unpaired) electrons. The van der Waals surface area contributed by atoms with E-state index in [0.717, 1.165) is 31.4 Å². The minimum Gasteiger partial charge on any atom is -0.385 e. The van der Waals surface area contributed by atoms with Gasteiger partial charge in [-0.15, -0.1) is 0 Å². The smallest absolute Gasteiger partial charge is 0.142 e. The fourth-order valence-corrected chi connectivity index (χ4v) is 1.89. The summed E-state index contributed by atoms with van der Waals surface area (Å²) in [6.45, 7) is 0.757. The molecule has 0 aliphatic heterocycles. The van der Waals surface area contributed by atoms with E-state index in [0.29, 0.717) is 6.04 Å². The molecule has 96 valence electrons. The zero-order chi connectivity index (χ0) is 12.7. The summed E-state index contributed by atoms with van der Waals surface area (Å²) in [5.41, 5.74) is 0.962. The quantitative estimate of drug-likeness (QED) is 0.760. The van der Waals surface area contributed by atoms with Crippen LogP contribution in [0.15, 0.2) is 18.2 Å². The zero-order valence-corrected chi connectivity index (χ0v) is 11.1. The number of likely N-dealkylation sites (N-methyl/N-ethyl adjacent to an activating group) is 1. The summed E-state index contributed by atoms with van der Waals surface area (Å²) < 4.78 is 18.3. The van der Waals surface area contributed by atoms with Gasteiger partial charge in [0.25, 0.3) is 0 Å². The van der Waals surface area contributed by atoms with Crippen LogP contribution in [-0.2, 0) is 11.2 Å². The van der Waals surface area contributed by atoms with Crippen molar-refractivity contribution in [3.8, 4) is 0 Å². The van der Waals surface area contributed by atoms with Gasteiger partial charge in [0.05, 0.1) is 5.02 Å². The summed E-state index contributed by atoms with van der Waals surface area (Å²) in [4.78, 5) is 0. The van der Waals surface area contributed by atoms with E-state index in [1.807, 2.05) is 13.1 Å². The van der Waals surface area contributed by atoms with Crippen molar-refractivity contribution in [3.63, 3.8) is 0 Å². The maximum atomic E-state index is 13.3. The minimum atomic E-state index is -0.351. The number of hydrogen-bond acceptors (Lipinski definition) is 2. The highest BCUT2D eigenvalue weighted by Crippen LogP contribution is 2.17. The Morgan fingerprint density at radius 1 is 1.47 bits per heavy atom. The molecule has 0 aliphatic rings. The molecule has 1 aromatic rings. The number of rotatable bonds is 7. The third kappa shape index (κ3) is 5.02. The fourth-order valence-electron chi connectivity index (χ4n) is 1.77. The molecule has 0 saturated carbocycles. The maximum absolute atomic E-state index is 13.3. The van der Waals surface area contributed by atoms with Gasteiger partial charge in [-0.1, -0.05) is 17.7 Å². The first-order chi connectivity index (χ1) is 8.17. The molecule has 17 heavy (non-hydrogen) atoms. The predicted octanol–water partition coefficient (Wildman–Crippen LogP) is 3.04. The number of ether oxygens (including phenoxy) is 1. The highest BCUT2D eigenvalue weighted by Gasteiger charge is 2.08. The Bertz CT molecular complexity index is 346. The van der Waals surface area contributed by atoms with Gasteiger partial charge in [-0.3, -0.25) is 0 Å². The first-order valence-corrected chi connectivity index (χ1v) is 6.15. The summed E-state index contributed by atoms with van der Waals surface area (Å²) >= 11 is 5.65. The molecule has 1 aromatic carbocycles. The summed E-state index contributed by atoms with van der Waals surface area (Å²) in [6, 6.07) is 5.31. The summed E-state index contributed by atoms with van der Waals surface area (Å²) in [5, 5.41) is 3.41. The van der Waals surface area contributed by atoms with Crippen LogP contribution in [-0.4, -0.2) is 26.8 Å². The number of halogens is 2. The molecule has 0 fully saturated rings. The number of methoxy groups -OCH3 is 1. The lowest BCUT2D eigenvalue weighted by Gasteiger charge is -2.16. The predicted molar refractivity (Wildman–Crippen MR) is 69.1 cm³/mol. The SMILES string of the molecule is CNC(CCCOC)Cc1ccc(Cl)c(F)c1. The Balaban J connectivity index is 2.51. The molecule has 4 heteroatoms. The molecular weight excluding hydrogens is 241 g/mol. The van der Waals surface area contributed by atoms with Crippen LogP contribution in [0, 0.1) is 5.82 Å². The van der Waals surface area contributed by atoms with Crippen molar-refractivity contribution >= 4 is 11.6 Å². The van der Waals surface area contributed by atoms with Gasteiger partial charge in [0.2, 0.25) is 0 Å². The van der Waals surface area contributed by atoms with E-state index in [4.69, 9.17) is 16.3 Å². The van der Waals surface area contributed by atoms with Crippen LogP contribution < -0.4 is 5.32 Å². The summed E-state index contributed by atoms with van der Waals surface area (Å²) in [6.07, 6.45) is 2.81. The lowest BCUT2D eigenvalue weighted by atomic mass is 10.0. The van der Waals surface area contributed by atoms with Gasteiger partial charge < -0.3 is 10.1 Å². The Morgan fingerprint density at radius 2 is 2.24 bits per heavy atom. The van der Waals surface area contributed by atoms with Crippen LogP contribution in [0.25, 0.3) is 0 Å². The van der Waals surface area contributed by atoms with Gasteiger partial charge in [-0.25, -0.2) is 4.39 Å². The summed E-state index contributed by atoms with van der Waals surface area (Å²) in [7, 11) is 3.62. The molecule has 1 rings (SSSR count). The van der Waals surface area contributed by atoms with E-state index in [9.17, 15) is 4.39 Å². The molecule has 0 aliphatic carbocycles. The topological polar surface area (TPSA) is 21.3 Å². The lowest BCUT2D eigenvalue weighted by Crippen LogP contribution is -2.27. The third-order valence-corrected chi connectivity index (χ3v) is 3.08. The van der Waals surface area contributed by atoms with Crippen molar-refractivity contribution in [2.24, 2.45) is 0 Å². The standard InChI is InChI=1S/C13H19ClFNO/c1-16-11(4-3-7-17-2)8-10-5-6-12(14)13(15)9-10/h5-6,9,11,16H,3-4,7-8H2,1-2H3.